The first-order valence-electron chi connectivity index (χ1n) is 11.0. The number of nitrogens with one attached hydrogen (secondary N) is 2. The first-order valence-corrected chi connectivity index (χ1v) is 11.9. The third-order valence-corrected chi connectivity index (χ3v) is 6.41. The smallest absolute Gasteiger partial charge is 0.191 e. The average molecular weight is 570 g/mol. The van der Waals surface area contributed by atoms with Crippen LogP contribution in [0.5, 0.6) is 0 Å². The highest BCUT2D eigenvalue weighted by atomic mass is 127. The summed E-state index contributed by atoms with van der Waals surface area (Å²) in [6.07, 6.45) is 6.91. The van der Waals surface area contributed by atoms with Crippen LogP contribution in [-0.2, 0) is 19.5 Å². The summed E-state index contributed by atoms with van der Waals surface area (Å²) in [5.41, 5.74) is 0. The van der Waals surface area contributed by atoms with Crippen LogP contribution in [-0.4, -0.2) is 51.8 Å². The van der Waals surface area contributed by atoms with Gasteiger partial charge in [0.25, 0.3) is 0 Å². The van der Waals surface area contributed by atoms with Gasteiger partial charge < -0.3 is 19.6 Å². The molecule has 0 aromatic carbocycles. The van der Waals surface area contributed by atoms with Crippen LogP contribution in [0.4, 0.5) is 0 Å². The molecule has 174 valence electrons. The Labute approximate surface area is 210 Å². The van der Waals surface area contributed by atoms with Gasteiger partial charge in [0.2, 0.25) is 0 Å². The minimum Gasteiger partial charge on any atom is -0.468 e. The van der Waals surface area contributed by atoms with Crippen molar-refractivity contribution in [3.8, 4) is 0 Å². The van der Waals surface area contributed by atoms with Crippen molar-refractivity contribution in [2.75, 3.05) is 26.2 Å². The summed E-state index contributed by atoms with van der Waals surface area (Å²) < 4.78 is 7.84. The van der Waals surface area contributed by atoms with Crippen molar-refractivity contribution < 1.29 is 4.42 Å². The van der Waals surface area contributed by atoms with Crippen LogP contribution in [0.15, 0.2) is 51.6 Å². The van der Waals surface area contributed by atoms with Crippen LogP contribution in [0.1, 0.15) is 42.3 Å². The Morgan fingerprint density at radius 3 is 2.84 bits per heavy atom. The normalized spacial score (nSPS) is 15.5. The molecular formula is C22H32IN7OS. The molecule has 0 aliphatic carbocycles. The van der Waals surface area contributed by atoms with E-state index in [0.717, 1.165) is 56.7 Å². The molecule has 1 aliphatic heterocycles. The van der Waals surface area contributed by atoms with E-state index in [9.17, 15) is 0 Å². The fourth-order valence-corrected chi connectivity index (χ4v) is 4.53. The molecule has 1 atom stereocenters. The van der Waals surface area contributed by atoms with Gasteiger partial charge in [0.1, 0.15) is 17.9 Å². The van der Waals surface area contributed by atoms with Crippen LogP contribution in [0.3, 0.4) is 0 Å². The van der Waals surface area contributed by atoms with Crippen LogP contribution in [0.25, 0.3) is 0 Å². The van der Waals surface area contributed by atoms with Gasteiger partial charge in [-0.2, -0.15) is 0 Å². The standard InChI is InChI=1S/C22H31N7OS.HI/c1-2-21-27-26-17-29(21)12-9-23-22(24-15-18-7-6-14-31-18)25-16-19(20-8-5-13-30-20)28-10-3-4-11-28;/h5-8,13-14,17,19H,2-4,9-12,15-16H2,1H3,(H2,23,24,25);1H. The molecule has 1 unspecified atom stereocenters. The highest BCUT2D eigenvalue weighted by Crippen LogP contribution is 2.24. The number of aryl methyl sites for hydroxylation is 1. The van der Waals surface area contributed by atoms with Crippen molar-refractivity contribution in [2.24, 2.45) is 4.99 Å². The van der Waals surface area contributed by atoms with Crippen molar-refractivity contribution in [3.63, 3.8) is 0 Å². The molecule has 0 saturated carbocycles. The molecule has 0 spiro atoms. The van der Waals surface area contributed by atoms with E-state index in [1.54, 1.807) is 23.9 Å². The zero-order valence-corrected chi connectivity index (χ0v) is 21.6. The van der Waals surface area contributed by atoms with Crippen molar-refractivity contribution >= 4 is 41.3 Å². The van der Waals surface area contributed by atoms with E-state index < -0.39 is 0 Å². The van der Waals surface area contributed by atoms with Crippen LogP contribution in [0, 0.1) is 0 Å². The SMILES string of the molecule is CCc1nncn1CCNC(=NCc1cccs1)NCC(c1ccco1)N1CCCC1.I. The summed E-state index contributed by atoms with van der Waals surface area (Å²) in [7, 11) is 0. The molecule has 1 fully saturated rings. The fraction of sp³-hybridized carbons (Fsp3) is 0.500. The second-order valence-electron chi connectivity index (χ2n) is 7.62. The van der Waals surface area contributed by atoms with Gasteiger partial charge in [0.15, 0.2) is 5.96 Å². The maximum absolute atomic E-state index is 5.76. The fourth-order valence-electron chi connectivity index (χ4n) is 3.91. The maximum Gasteiger partial charge on any atom is 0.191 e. The number of furan rings is 1. The summed E-state index contributed by atoms with van der Waals surface area (Å²) in [4.78, 5) is 8.56. The Hall–Kier alpha value is -1.92. The van der Waals surface area contributed by atoms with E-state index in [1.165, 1.54) is 17.7 Å². The topological polar surface area (TPSA) is 83.5 Å². The number of nitrogens with zero attached hydrogens (tertiary/aromatic N) is 5. The largest absolute Gasteiger partial charge is 0.468 e. The molecule has 3 aromatic heterocycles. The molecule has 3 aromatic rings. The van der Waals surface area contributed by atoms with Crippen LogP contribution < -0.4 is 10.6 Å². The predicted molar refractivity (Wildman–Crippen MR) is 139 cm³/mol. The van der Waals surface area contributed by atoms with Gasteiger partial charge in [-0.05, 0) is 49.5 Å². The molecule has 32 heavy (non-hydrogen) atoms. The van der Waals surface area contributed by atoms with Crippen LogP contribution >= 0.6 is 35.3 Å². The van der Waals surface area contributed by atoms with E-state index in [4.69, 9.17) is 9.41 Å². The molecular weight excluding hydrogens is 537 g/mol. The van der Waals surface area contributed by atoms with Gasteiger partial charge in [-0.1, -0.05) is 13.0 Å². The van der Waals surface area contributed by atoms with Gasteiger partial charge >= 0.3 is 0 Å². The van der Waals surface area contributed by atoms with Crippen molar-refractivity contribution in [2.45, 2.75) is 45.3 Å². The maximum atomic E-state index is 5.76. The van der Waals surface area contributed by atoms with E-state index in [2.05, 4.69) is 60.8 Å². The number of hydrogen-bond donors (Lipinski definition) is 2. The van der Waals surface area contributed by atoms with Crippen molar-refractivity contribution in [1.29, 1.82) is 0 Å². The second-order valence-corrected chi connectivity index (χ2v) is 8.65. The molecule has 1 saturated heterocycles. The Bertz CT molecular complexity index is 920. The zero-order chi connectivity index (χ0) is 21.3. The van der Waals surface area contributed by atoms with Crippen molar-refractivity contribution in [3.05, 3.63) is 58.7 Å². The molecule has 1 aliphatic rings. The number of aliphatic imine (C=N–C) groups is 1. The summed E-state index contributed by atoms with van der Waals surface area (Å²) >= 11 is 1.73. The van der Waals surface area contributed by atoms with Gasteiger partial charge in [-0.15, -0.1) is 45.5 Å². The van der Waals surface area contributed by atoms with Crippen molar-refractivity contribution in [1.82, 2.24) is 30.3 Å². The number of aromatic nitrogens is 3. The number of likely N-dealkylation sites (tertiary alicyclic amines) is 1. The highest BCUT2D eigenvalue weighted by molar-refractivity contribution is 14.0. The third kappa shape index (κ3) is 6.79. The molecule has 4 heterocycles. The lowest BCUT2D eigenvalue weighted by Crippen LogP contribution is -2.43. The van der Waals surface area contributed by atoms with E-state index >= 15 is 0 Å². The van der Waals surface area contributed by atoms with Gasteiger partial charge in [-0.25, -0.2) is 4.99 Å². The van der Waals surface area contributed by atoms with Crippen LogP contribution in [0.2, 0.25) is 0 Å². The molecule has 0 bridgehead atoms. The Morgan fingerprint density at radius 2 is 2.12 bits per heavy atom. The lowest BCUT2D eigenvalue weighted by atomic mass is 10.2. The molecule has 0 amide bonds. The Kier molecular flexibility index (Phi) is 10.0. The monoisotopic (exact) mass is 569 g/mol. The highest BCUT2D eigenvalue weighted by Gasteiger charge is 2.25. The summed E-state index contributed by atoms with van der Waals surface area (Å²) in [6, 6.07) is 8.42. The number of rotatable bonds is 10. The second kappa shape index (κ2) is 12.9. The number of guanidine groups is 1. The molecule has 0 radical (unpaired) electrons. The first kappa shape index (κ1) is 24.7. The lowest BCUT2D eigenvalue weighted by molar-refractivity contribution is 0.215. The van der Waals surface area contributed by atoms with Gasteiger partial charge in [0.05, 0.1) is 18.8 Å². The average Bonchev–Trinajstić information content (AvgIpc) is 3.59. The number of hydrogen-bond acceptors (Lipinski definition) is 6. The third-order valence-electron chi connectivity index (χ3n) is 5.55. The quantitative estimate of drug-likeness (QED) is 0.220. The Balaban J connectivity index is 0.00000289. The van der Waals surface area contributed by atoms with E-state index in [0.29, 0.717) is 6.54 Å². The van der Waals surface area contributed by atoms with Gasteiger partial charge in [0, 0.05) is 30.9 Å². The molecule has 8 nitrogen and oxygen atoms in total. The lowest BCUT2D eigenvalue weighted by Gasteiger charge is -2.26. The van der Waals surface area contributed by atoms with E-state index in [-0.39, 0.29) is 30.0 Å². The predicted octanol–water partition coefficient (Wildman–Crippen LogP) is 3.69. The number of halogens is 1. The first-order chi connectivity index (χ1) is 15.3. The minimum atomic E-state index is 0. The molecule has 4 rings (SSSR count). The zero-order valence-electron chi connectivity index (χ0n) is 18.4. The van der Waals surface area contributed by atoms with Gasteiger partial charge in [-0.3, -0.25) is 4.90 Å². The summed E-state index contributed by atoms with van der Waals surface area (Å²) in [5, 5.41) is 17.3. The number of thiophene rings is 1. The Morgan fingerprint density at radius 1 is 1.25 bits per heavy atom. The minimum absolute atomic E-state index is 0. The molecule has 10 heteroatoms. The summed E-state index contributed by atoms with van der Waals surface area (Å²) in [6.45, 7) is 7.26. The van der Waals surface area contributed by atoms with E-state index in [1.807, 2.05) is 6.07 Å². The summed E-state index contributed by atoms with van der Waals surface area (Å²) in [5.74, 6) is 2.82. The molecule has 2 N–H and O–H groups in total.